The summed E-state index contributed by atoms with van der Waals surface area (Å²) in [6, 6.07) is 21.8. The van der Waals surface area contributed by atoms with E-state index in [1.165, 1.54) is 11.7 Å². The summed E-state index contributed by atoms with van der Waals surface area (Å²) in [5.74, 6) is 1.02. The SMILES string of the molecule is Cc1ccc(Oc2ccc(NC(=O)c3nn(C)c(=O)c4ccccc34)cc2)cc1. The standard InChI is InChI=1S/C23H19N3O3/c1-15-7-11-17(12-8-15)29-18-13-9-16(10-14-18)24-22(27)21-19-5-3-4-6-20(19)23(28)26(2)25-21/h3-14H,1-2H3,(H,24,27). The molecule has 0 saturated heterocycles. The van der Waals surface area contributed by atoms with Crippen LogP contribution in [0.3, 0.4) is 0 Å². The fourth-order valence-electron chi connectivity index (χ4n) is 3.01. The number of nitrogens with zero attached hydrogens (tertiary/aromatic N) is 2. The van der Waals surface area contributed by atoms with Gasteiger partial charge >= 0.3 is 0 Å². The zero-order chi connectivity index (χ0) is 20.4. The Labute approximate surface area is 167 Å². The molecule has 6 nitrogen and oxygen atoms in total. The van der Waals surface area contributed by atoms with Crippen molar-refractivity contribution in [2.45, 2.75) is 6.92 Å². The zero-order valence-corrected chi connectivity index (χ0v) is 16.0. The number of hydrogen-bond donors (Lipinski definition) is 1. The smallest absolute Gasteiger partial charge is 0.276 e. The quantitative estimate of drug-likeness (QED) is 0.569. The lowest BCUT2D eigenvalue weighted by molar-refractivity contribution is 0.102. The number of aryl methyl sites for hydroxylation is 2. The van der Waals surface area contributed by atoms with E-state index in [-0.39, 0.29) is 17.2 Å². The molecule has 0 aliphatic heterocycles. The molecule has 1 aromatic heterocycles. The molecule has 0 bridgehead atoms. The Morgan fingerprint density at radius 1 is 0.897 bits per heavy atom. The number of carbonyl (C=O) groups is 1. The highest BCUT2D eigenvalue weighted by Gasteiger charge is 2.15. The van der Waals surface area contributed by atoms with Crippen LogP contribution in [0.5, 0.6) is 11.5 Å². The molecule has 4 rings (SSSR count). The Kier molecular flexibility index (Phi) is 4.83. The van der Waals surface area contributed by atoms with Crippen molar-refractivity contribution in [3.8, 4) is 11.5 Å². The fraction of sp³-hybridized carbons (Fsp3) is 0.0870. The summed E-state index contributed by atoms with van der Waals surface area (Å²) in [6.45, 7) is 2.02. The van der Waals surface area contributed by atoms with Gasteiger partial charge in [-0.05, 0) is 49.4 Å². The second-order valence-corrected chi connectivity index (χ2v) is 6.72. The largest absolute Gasteiger partial charge is 0.457 e. The predicted octanol–water partition coefficient (Wildman–Crippen LogP) is 4.29. The molecular weight excluding hydrogens is 366 g/mol. The number of carbonyl (C=O) groups excluding carboxylic acids is 1. The maximum absolute atomic E-state index is 12.8. The topological polar surface area (TPSA) is 73.2 Å². The van der Waals surface area contributed by atoms with E-state index in [2.05, 4.69) is 10.4 Å². The highest BCUT2D eigenvalue weighted by Crippen LogP contribution is 2.24. The Hall–Kier alpha value is -3.93. The number of ether oxygens (including phenoxy) is 1. The molecule has 29 heavy (non-hydrogen) atoms. The lowest BCUT2D eigenvalue weighted by atomic mass is 10.1. The first-order valence-corrected chi connectivity index (χ1v) is 9.13. The minimum atomic E-state index is -0.385. The van der Waals surface area contributed by atoms with Gasteiger partial charge in [0.05, 0.1) is 5.39 Å². The third kappa shape index (κ3) is 3.87. The highest BCUT2D eigenvalue weighted by molar-refractivity contribution is 6.11. The van der Waals surface area contributed by atoms with Crippen molar-refractivity contribution in [1.82, 2.24) is 9.78 Å². The van der Waals surface area contributed by atoms with Crippen LogP contribution in [0.4, 0.5) is 5.69 Å². The molecule has 0 atom stereocenters. The molecule has 0 fully saturated rings. The van der Waals surface area contributed by atoms with Crippen LogP contribution in [0.25, 0.3) is 10.8 Å². The van der Waals surface area contributed by atoms with Crippen molar-refractivity contribution < 1.29 is 9.53 Å². The van der Waals surface area contributed by atoms with Crippen LogP contribution in [-0.4, -0.2) is 15.7 Å². The van der Waals surface area contributed by atoms with Gasteiger partial charge in [0, 0.05) is 18.1 Å². The number of benzene rings is 3. The molecule has 144 valence electrons. The van der Waals surface area contributed by atoms with Gasteiger partial charge in [0.25, 0.3) is 11.5 Å². The molecule has 0 saturated carbocycles. The van der Waals surface area contributed by atoms with Crippen molar-refractivity contribution in [3.05, 3.63) is 94.4 Å². The van der Waals surface area contributed by atoms with Gasteiger partial charge in [-0.1, -0.05) is 35.9 Å². The van der Waals surface area contributed by atoms with Crippen LogP contribution in [0.2, 0.25) is 0 Å². The Morgan fingerprint density at radius 3 is 2.14 bits per heavy atom. The van der Waals surface area contributed by atoms with Gasteiger partial charge in [-0.3, -0.25) is 9.59 Å². The summed E-state index contributed by atoms with van der Waals surface area (Å²) in [6.07, 6.45) is 0. The van der Waals surface area contributed by atoms with Crippen molar-refractivity contribution in [1.29, 1.82) is 0 Å². The van der Waals surface area contributed by atoms with Crippen molar-refractivity contribution in [2.75, 3.05) is 5.32 Å². The molecule has 1 amide bonds. The summed E-state index contributed by atoms with van der Waals surface area (Å²) in [4.78, 5) is 25.0. The van der Waals surface area contributed by atoms with Crippen LogP contribution in [0, 0.1) is 6.92 Å². The first kappa shape index (κ1) is 18.4. The first-order valence-electron chi connectivity index (χ1n) is 9.13. The monoisotopic (exact) mass is 385 g/mol. The fourth-order valence-corrected chi connectivity index (χ4v) is 3.01. The number of aromatic nitrogens is 2. The van der Waals surface area contributed by atoms with Crippen LogP contribution < -0.4 is 15.6 Å². The van der Waals surface area contributed by atoms with Gasteiger partial charge in [0.1, 0.15) is 11.5 Å². The third-order valence-electron chi connectivity index (χ3n) is 4.54. The van der Waals surface area contributed by atoms with E-state index >= 15 is 0 Å². The van der Waals surface area contributed by atoms with E-state index in [4.69, 9.17) is 4.74 Å². The summed E-state index contributed by atoms with van der Waals surface area (Å²) in [5, 5.41) is 7.94. The maximum Gasteiger partial charge on any atom is 0.276 e. The molecule has 6 heteroatoms. The van der Waals surface area contributed by atoms with Gasteiger partial charge in [0.2, 0.25) is 0 Å². The summed E-state index contributed by atoms with van der Waals surface area (Å²) in [7, 11) is 1.53. The van der Waals surface area contributed by atoms with Gasteiger partial charge in [0.15, 0.2) is 5.69 Å². The van der Waals surface area contributed by atoms with Gasteiger partial charge in [-0.15, -0.1) is 0 Å². The predicted molar refractivity (Wildman–Crippen MR) is 113 cm³/mol. The lowest BCUT2D eigenvalue weighted by Crippen LogP contribution is -2.25. The normalized spacial score (nSPS) is 10.7. The molecule has 0 aliphatic carbocycles. The molecule has 1 heterocycles. The van der Waals surface area contributed by atoms with Crippen LogP contribution in [0.15, 0.2) is 77.6 Å². The van der Waals surface area contributed by atoms with E-state index in [0.29, 0.717) is 22.2 Å². The minimum Gasteiger partial charge on any atom is -0.457 e. The number of nitrogens with one attached hydrogen (secondary N) is 1. The van der Waals surface area contributed by atoms with E-state index < -0.39 is 0 Å². The molecule has 3 aromatic carbocycles. The molecule has 4 aromatic rings. The molecule has 0 spiro atoms. The van der Waals surface area contributed by atoms with Crippen molar-refractivity contribution >= 4 is 22.4 Å². The van der Waals surface area contributed by atoms with Crippen molar-refractivity contribution in [3.63, 3.8) is 0 Å². The van der Waals surface area contributed by atoms with Gasteiger partial charge < -0.3 is 10.1 Å². The summed E-state index contributed by atoms with van der Waals surface area (Å²) < 4.78 is 6.98. The van der Waals surface area contributed by atoms with Gasteiger partial charge in [-0.2, -0.15) is 5.10 Å². The van der Waals surface area contributed by atoms with E-state index in [1.807, 2.05) is 31.2 Å². The molecule has 0 aliphatic rings. The maximum atomic E-state index is 12.8. The number of anilines is 1. The van der Waals surface area contributed by atoms with Crippen molar-refractivity contribution in [2.24, 2.45) is 7.05 Å². The number of amides is 1. The highest BCUT2D eigenvalue weighted by atomic mass is 16.5. The summed E-state index contributed by atoms with van der Waals surface area (Å²) in [5.41, 5.74) is 1.72. The Bertz CT molecular complexity index is 1240. The summed E-state index contributed by atoms with van der Waals surface area (Å²) >= 11 is 0. The molecule has 1 N–H and O–H groups in total. The third-order valence-corrected chi connectivity index (χ3v) is 4.54. The van der Waals surface area contributed by atoms with Crippen LogP contribution >= 0.6 is 0 Å². The number of fused-ring (bicyclic) bond motifs is 1. The zero-order valence-electron chi connectivity index (χ0n) is 16.0. The van der Waals surface area contributed by atoms with E-state index in [1.54, 1.807) is 48.5 Å². The number of hydrogen-bond acceptors (Lipinski definition) is 4. The van der Waals surface area contributed by atoms with Gasteiger partial charge in [-0.25, -0.2) is 4.68 Å². The molecule has 0 radical (unpaired) electrons. The first-order chi connectivity index (χ1) is 14.0. The Balaban J connectivity index is 1.55. The number of rotatable bonds is 4. The lowest BCUT2D eigenvalue weighted by Gasteiger charge is -2.10. The molecule has 0 unspecified atom stereocenters. The van der Waals surface area contributed by atoms with E-state index in [0.717, 1.165) is 11.3 Å². The Morgan fingerprint density at radius 2 is 1.48 bits per heavy atom. The average molecular weight is 385 g/mol. The second kappa shape index (κ2) is 7.59. The van der Waals surface area contributed by atoms with E-state index in [9.17, 15) is 9.59 Å². The second-order valence-electron chi connectivity index (χ2n) is 6.72. The van der Waals surface area contributed by atoms with Crippen LogP contribution in [0.1, 0.15) is 16.1 Å². The minimum absolute atomic E-state index is 0.197. The molecular formula is C23H19N3O3. The van der Waals surface area contributed by atoms with Crippen LogP contribution in [-0.2, 0) is 7.05 Å². The average Bonchev–Trinajstić information content (AvgIpc) is 2.74.